The lowest BCUT2D eigenvalue weighted by Crippen LogP contribution is -2.29. The number of carbonyl (C=O) groups excluding carboxylic acids is 2. The van der Waals surface area contributed by atoms with Gasteiger partial charge in [-0.05, 0) is 24.1 Å². The summed E-state index contributed by atoms with van der Waals surface area (Å²) in [6.45, 7) is 0.553. The third-order valence-electron chi connectivity index (χ3n) is 4.97. The Morgan fingerprint density at radius 1 is 1.04 bits per heavy atom. The smallest absolute Gasteiger partial charge is 0.228 e. The van der Waals surface area contributed by atoms with E-state index in [1.54, 1.807) is 18.1 Å². The van der Waals surface area contributed by atoms with Crippen LogP contribution in [0.2, 0.25) is 0 Å². The van der Waals surface area contributed by atoms with Gasteiger partial charge in [-0.3, -0.25) is 14.6 Å². The number of pyridine rings is 1. The number of benzene rings is 2. The van der Waals surface area contributed by atoms with Gasteiger partial charge in [0.05, 0.1) is 23.0 Å². The average molecular weight is 359 g/mol. The summed E-state index contributed by atoms with van der Waals surface area (Å²) < 4.78 is 0. The van der Waals surface area contributed by atoms with Crippen molar-refractivity contribution in [1.29, 1.82) is 0 Å². The standard InChI is InChI=1S/C22H21N3O2/c1-25(14-15-7-3-2-4-8-15)22(27)18-13-17(18)21(26)24-19-11-5-9-16-10-6-12-23-20(16)19/h2-12,17-18H,13-14H2,1H3,(H,24,26). The lowest BCUT2D eigenvalue weighted by molar-refractivity contribution is -0.133. The second kappa shape index (κ2) is 7.19. The highest BCUT2D eigenvalue weighted by Gasteiger charge is 2.49. The van der Waals surface area contributed by atoms with E-state index in [1.165, 1.54) is 0 Å². The van der Waals surface area contributed by atoms with E-state index in [-0.39, 0.29) is 23.7 Å². The average Bonchev–Trinajstić information content (AvgIpc) is 3.49. The van der Waals surface area contributed by atoms with Crippen LogP contribution < -0.4 is 5.32 Å². The van der Waals surface area contributed by atoms with E-state index in [0.717, 1.165) is 16.5 Å². The van der Waals surface area contributed by atoms with Crippen molar-refractivity contribution in [3.8, 4) is 0 Å². The van der Waals surface area contributed by atoms with Gasteiger partial charge in [-0.1, -0.05) is 48.5 Å². The lowest BCUT2D eigenvalue weighted by atomic mass is 10.2. The summed E-state index contributed by atoms with van der Waals surface area (Å²) in [5, 5.41) is 3.92. The normalized spacial score (nSPS) is 18.1. The Bertz CT molecular complexity index is 982. The molecule has 1 fully saturated rings. The minimum atomic E-state index is -0.269. The first-order valence-corrected chi connectivity index (χ1v) is 9.07. The van der Waals surface area contributed by atoms with Crippen molar-refractivity contribution in [2.24, 2.45) is 11.8 Å². The van der Waals surface area contributed by atoms with Gasteiger partial charge in [0.2, 0.25) is 11.8 Å². The molecule has 0 aliphatic heterocycles. The van der Waals surface area contributed by atoms with Gasteiger partial charge in [0, 0.05) is 25.2 Å². The number of fused-ring (bicyclic) bond motifs is 1. The van der Waals surface area contributed by atoms with Crippen LogP contribution in [-0.4, -0.2) is 28.7 Å². The summed E-state index contributed by atoms with van der Waals surface area (Å²) in [7, 11) is 1.79. The summed E-state index contributed by atoms with van der Waals surface area (Å²) in [5.74, 6) is -0.592. The Labute approximate surface area is 158 Å². The maximum absolute atomic E-state index is 12.6. The lowest BCUT2D eigenvalue weighted by Gasteiger charge is -2.17. The van der Waals surface area contributed by atoms with E-state index in [9.17, 15) is 9.59 Å². The predicted molar refractivity (Wildman–Crippen MR) is 105 cm³/mol. The van der Waals surface area contributed by atoms with Crippen LogP contribution >= 0.6 is 0 Å². The molecule has 2 unspecified atom stereocenters. The second-order valence-corrected chi connectivity index (χ2v) is 7.00. The number of hydrogen-bond acceptors (Lipinski definition) is 3. The highest BCUT2D eigenvalue weighted by atomic mass is 16.2. The van der Waals surface area contributed by atoms with Crippen LogP contribution in [0.25, 0.3) is 10.9 Å². The van der Waals surface area contributed by atoms with Crippen molar-refractivity contribution >= 4 is 28.4 Å². The van der Waals surface area contributed by atoms with Crippen molar-refractivity contribution in [2.45, 2.75) is 13.0 Å². The molecular formula is C22H21N3O2. The van der Waals surface area contributed by atoms with E-state index in [1.807, 2.05) is 60.7 Å². The number of rotatable bonds is 5. The van der Waals surface area contributed by atoms with E-state index < -0.39 is 0 Å². The molecule has 1 N–H and O–H groups in total. The van der Waals surface area contributed by atoms with Gasteiger partial charge >= 0.3 is 0 Å². The highest BCUT2D eigenvalue weighted by Crippen LogP contribution is 2.41. The predicted octanol–water partition coefficient (Wildman–Crippen LogP) is 3.47. The van der Waals surface area contributed by atoms with Gasteiger partial charge in [0.15, 0.2) is 0 Å². The largest absolute Gasteiger partial charge is 0.341 e. The Hall–Kier alpha value is -3.21. The molecule has 2 aromatic carbocycles. The molecule has 2 amide bonds. The highest BCUT2D eigenvalue weighted by molar-refractivity contribution is 6.04. The molecule has 2 atom stereocenters. The van der Waals surface area contributed by atoms with Gasteiger partial charge in [0.1, 0.15) is 0 Å². The van der Waals surface area contributed by atoms with E-state index in [2.05, 4.69) is 10.3 Å². The van der Waals surface area contributed by atoms with Crippen molar-refractivity contribution in [2.75, 3.05) is 12.4 Å². The summed E-state index contributed by atoms with van der Waals surface area (Å²) in [5.41, 5.74) is 2.53. The zero-order chi connectivity index (χ0) is 18.8. The first-order valence-electron chi connectivity index (χ1n) is 9.07. The molecule has 4 rings (SSSR count). The Morgan fingerprint density at radius 3 is 2.63 bits per heavy atom. The topological polar surface area (TPSA) is 62.3 Å². The quantitative estimate of drug-likeness (QED) is 0.759. The Morgan fingerprint density at radius 2 is 1.81 bits per heavy atom. The fraction of sp³-hybridized carbons (Fsp3) is 0.227. The molecule has 0 radical (unpaired) electrons. The summed E-state index contributed by atoms with van der Waals surface area (Å²) in [6, 6.07) is 19.4. The summed E-state index contributed by atoms with van der Waals surface area (Å²) in [4.78, 5) is 31.3. The Balaban J connectivity index is 1.39. The maximum Gasteiger partial charge on any atom is 0.228 e. The summed E-state index contributed by atoms with van der Waals surface area (Å²) in [6.07, 6.45) is 2.31. The number of carbonyl (C=O) groups is 2. The molecule has 3 aromatic rings. The SMILES string of the molecule is CN(Cc1ccccc1)C(=O)C1CC1C(=O)Nc1cccc2cccnc12. The van der Waals surface area contributed by atoms with Gasteiger partial charge in [-0.15, -0.1) is 0 Å². The zero-order valence-electron chi connectivity index (χ0n) is 15.1. The minimum Gasteiger partial charge on any atom is -0.341 e. The van der Waals surface area contributed by atoms with Crippen LogP contribution in [-0.2, 0) is 16.1 Å². The van der Waals surface area contributed by atoms with Crippen LogP contribution in [0.3, 0.4) is 0 Å². The molecule has 1 aliphatic rings. The molecule has 1 aliphatic carbocycles. The molecule has 1 heterocycles. The van der Waals surface area contributed by atoms with E-state index in [0.29, 0.717) is 18.7 Å². The van der Waals surface area contributed by atoms with E-state index >= 15 is 0 Å². The molecule has 27 heavy (non-hydrogen) atoms. The number of anilines is 1. The molecular weight excluding hydrogens is 338 g/mol. The summed E-state index contributed by atoms with van der Waals surface area (Å²) >= 11 is 0. The van der Waals surface area contributed by atoms with Crippen LogP contribution in [0, 0.1) is 11.8 Å². The third kappa shape index (κ3) is 3.67. The third-order valence-corrected chi connectivity index (χ3v) is 4.97. The molecule has 5 heteroatoms. The van der Waals surface area contributed by atoms with Crippen molar-refractivity contribution < 1.29 is 9.59 Å². The number of hydrogen-bond donors (Lipinski definition) is 1. The van der Waals surface area contributed by atoms with Crippen LogP contribution in [0.4, 0.5) is 5.69 Å². The van der Waals surface area contributed by atoms with Gasteiger partial charge < -0.3 is 10.2 Å². The molecule has 136 valence electrons. The van der Waals surface area contributed by atoms with Crippen LogP contribution in [0.1, 0.15) is 12.0 Å². The zero-order valence-corrected chi connectivity index (χ0v) is 15.1. The number of para-hydroxylation sites is 1. The first kappa shape index (κ1) is 17.2. The maximum atomic E-state index is 12.6. The number of nitrogens with zero attached hydrogens (tertiary/aromatic N) is 2. The number of amides is 2. The van der Waals surface area contributed by atoms with Crippen molar-refractivity contribution in [3.05, 3.63) is 72.4 Å². The first-order chi connectivity index (χ1) is 13.1. The monoisotopic (exact) mass is 359 g/mol. The molecule has 0 saturated heterocycles. The van der Waals surface area contributed by atoms with Gasteiger partial charge in [0.25, 0.3) is 0 Å². The molecule has 0 bridgehead atoms. The van der Waals surface area contributed by atoms with Gasteiger partial charge in [-0.25, -0.2) is 0 Å². The van der Waals surface area contributed by atoms with Crippen molar-refractivity contribution in [1.82, 2.24) is 9.88 Å². The molecule has 1 aromatic heterocycles. The number of nitrogens with one attached hydrogen (secondary N) is 1. The number of aromatic nitrogens is 1. The molecule has 1 saturated carbocycles. The fourth-order valence-corrected chi connectivity index (χ4v) is 3.41. The van der Waals surface area contributed by atoms with Crippen molar-refractivity contribution in [3.63, 3.8) is 0 Å². The second-order valence-electron chi connectivity index (χ2n) is 7.00. The van der Waals surface area contributed by atoms with E-state index in [4.69, 9.17) is 0 Å². The van der Waals surface area contributed by atoms with Gasteiger partial charge in [-0.2, -0.15) is 0 Å². The fourth-order valence-electron chi connectivity index (χ4n) is 3.41. The Kier molecular flexibility index (Phi) is 4.59. The molecule has 0 spiro atoms. The minimum absolute atomic E-state index is 0.0232. The molecule has 5 nitrogen and oxygen atoms in total. The van der Waals surface area contributed by atoms with Crippen LogP contribution in [0.5, 0.6) is 0 Å². The van der Waals surface area contributed by atoms with Crippen LogP contribution in [0.15, 0.2) is 66.9 Å².